The molecule has 1 heterocycles. The van der Waals surface area contributed by atoms with Crippen LogP contribution in [0.5, 0.6) is 0 Å². The van der Waals surface area contributed by atoms with E-state index in [2.05, 4.69) is 10.3 Å². The van der Waals surface area contributed by atoms with E-state index in [0.717, 1.165) is 15.3 Å². The number of fused-ring (bicyclic) bond motifs is 1. The summed E-state index contributed by atoms with van der Waals surface area (Å²) in [5.41, 5.74) is 0.873. The Labute approximate surface area is 114 Å². The van der Waals surface area contributed by atoms with Crippen molar-refractivity contribution in [1.82, 2.24) is 4.98 Å². The summed E-state index contributed by atoms with van der Waals surface area (Å²) in [5, 5.41) is 9.40. The number of nitrogens with one attached hydrogen (secondary N) is 1. The maximum absolute atomic E-state index is 10.7. The van der Waals surface area contributed by atoms with E-state index >= 15 is 0 Å². The monoisotopic (exact) mass is 305 g/mol. The van der Waals surface area contributed by atoms with E-state index < -0.39 is 10.0 Å². The number of rotatable bonds is 5. The molecule has 0 saturated heterocycles. The SMILES string of the molecule is NS(=O)(=O)CCCNc1nc2ccc(Cl)cc2s1. The normalized spacial score (nSPS) is 11.9. The molecule has 0 aliphatic carbocycles. The van der Waals surface area contributed by atoms with Crippen LogP contribution in [0.2, 0.25) is 5.02 Å². The molecule has 1 aromatic carbocycles. The molecular weight excluding hydrogens is 294 g/mol. The summed E-state index contributed by atoms with van der Waals surface area (Å²) in [5.74, 6) is -0.0310. The highest BCUT2D eigenvalue weighted by molar-refractivity contribution is 7.89. The van der Waals surface area contributed by atoms with Crippen LogP contribution in [0.4, 0.5) is 5.13 Å². The van der Waals surface area contributed by atoms with E-state index in [-0.39, 0.29) is 5.75 Å². The van der Waals surface area contributed by atoms with E-state index in [1.807, 2.05) is 12.1 Å². The Hall–Kier alpha value is -0.890. The van der Waals surface area contributed by atoms with E-state index in [9.17, 15) is 8.42 Å². The van der Waals surface area contributed by atoms with Gasteiger partial charge in [0, 0.05) is 11.6 Å². The molecule has 0 saturated carbocycles. The number of hydrogen-bond acceptors (Lipinski definition) is 5. The standard InChI is InChI=1S/C10H12ClN3O2S2/c11-7-2-3-8-9(6-7)17-10(14-8)13-4-1-5-18(12,15)16/h2-3,6H,1,4-5H2,(H,13,14)(H2,12,15,16). The average molecular weight is 306 g/mol. The molecule has 0 unspecified atom stereocenters. The minimum absolute atomic E-state index is 0.0310. The molecule has 3 N–H and O–H groups in total. The van der Waals surface area contributed by atoms with Crippen LogP contribution in [-0.4, -0.2) is 25.7 Å². The van der Waals surface area contributed by atoms with Crippen molar-refractivity contribution in [2.24, 2.45) is 5.14 Å². The predicted molar refractivity (Wildman–Crippen MR) is 75.7 cm³/mol. The van der Waals surface area contributed by atoms with Gasteiger partial charge in [0.1, 0.15) is 0 Å². The Morgan fingerprint density at radius 1 is 1.44 bits per heavy atom. The number of primary sulfonamides is 1. The van der Waals surface area contributed by atoms with Gasteiger partial charge in [0.05, 0.1) is 16.0 Å². The maximum atomic E-state index is 10.7. The fourth-order valence-corrected chi connectivity index (χ4v) is 3.16. The zero-order chi connectivity index (χ0) is 13.2. The minimum atomic E-state index is -3.38. The highest BCUT2D eigenvalue weighted by Crippen LogP contribution is 2.28. The summed E-state index contributed by atoms with van der Waals surface area (Å²) in [6, 6.07) is 5.49. The first-order chi connectivity index (χ1) is 8.44. The van der Waals surface area contributed by atoms with Gasteiger partial charge < -0.3 is 5.32 Å². The number of aromatic nitrogens is 1. The molecular formula is C10H12ClN3O2S2. The van der Waals surface area contributed by atoms with Crippen LogP contribution in [0.25, 0.3) is 10.2 Å². The van der Waals surface area contributed by atoms with Crippen molar-refractivity contribution in [1.29, 1.82) is 0 Å². The third-order valence-electron chi connectivity index (χ3n) is 2.23. The molecule has 0 aliphatic rings. The molecule has 0 radical (unpaired) electrons. The van der Waals surface area contributed by atoms with Gasteiger partial charge >= 0.3 is 0 Å². The van der Waals surface area contributed by atoms with Crippen molar-refractivity contribution in [3.8, 4) is 0 Å². The number of halogens is 1. The average Bonchev–Trinajstić information content (AvgIpc) is 2.65. The lowest BCUT2D eigenvalue weighted by Gasteiger charge is -2.00. The smallest absolute Gasteiger partial charge is 0.209 e. The first kappa shape index (κ1) is 13.5. The van der Waals surface area contributed by atoms with E-state index in [4.69, 9.17) is 16.7 Å². The zero-order valence-electron chi connectivity index (χ0n) is 9.39. The molecule has 0 aliphatic heterocycles. The Kier molecular flexibility index (Phi) is 4.06. The quantitative estimate of drug-likeness (QED) is 0.828. The van der Waals surface area contributed by atoms with Crippen molar-refractivity contribution >= 4 is 48.3 Å². The second kappa shape index (κ2) is 5.40. The van der Waals surface area contributed by atoms with Gasteiger partial charge in [-0.2, -0.15) is 0 Å². The second-order valence-corrected chi connectivity index (χ2v) is 6.98. The van der Waals surface area contributed by atoms with Crippen LogP contribution < -0.4 is 10.5 Å². The van der Waals surface area contributed by atoms with Gasteiger partial charge in [-0.05, 0) is 24.6 Å². The molecule has 0 amide bonds. The van der Waals surface area contributed by atoms with Crippen molar-refractivity contribution in [3.05, 3.63) is 23.2 Å². The molecule has 98 valence electrons. The topological polar surface area (TPSA) is 85.1 Å². The first-order valence-corrected chi connectivity index (χ1v) is 8.15. The minimum Gasteiger partial charge on any atom is -0.361 e. The molecule has 18 heavy (non-hydrogen) atoms. The molecule has 0 atom stereocenters. The number of hydrogen-bond donors (Lipinski definition) is 2. The maximum Gasteiger partial charge on any atom is 0.209 e. The van der Waals surface area contributed by atoms with Gasteiger partial charge in [0.25, 0.3) is 0 Å². The largest absolute Gasteiger partial charge is 0.361 e. The summed E-state index contributed by atoms with van der Waals surface area (Å²) < 4.78 is 22.5. The lowest BCUT2D eigenvalue weighted by Crippen LogP contribution is -2.18. The van der Waals surface area contributed by atoms with Crippen molar-refractivity contribution in [3.63, 3.8) is 0 Å². The predicted octanol–water partition coefficient (Wildman–Crippen LogP) is 2.04. The lowest BCUT2D eigenvalue weighted by atomic mass is 10.3. The number of nitrogens with zero attached hydrogens (tertiary/aromatic N) is 1. The molecule has 8 heteroatoms. The highest BCUT2D eigenvalue weighted by atomic mass is 35.5. The van der Waals surface area contributed by atoms with Gasteiger partial charge in [-0.1, -0.05) is 22.9 Å². The molecule has 2 rings (SSSR count). The number of anilines is 1. The van der Waals surface area contributed by atoms with Gasteiger partial charge in [0.15, 0.2) is 5.13 Å². The van der Waals surface area contributed by atoms with Crippen LogP contribution in [0.15, 0.2) is 18.2 Å². The molecule has 0 spiro atoms. The van der Waals surface area contributed by atoms with Gasteiger partial charge in [-0.25, -0.2) is 18.5 Å². The summed E-state index contributed by atoms with van der Waals surface area (Å²) in [7, 11) is -3.38. The number of thiazole rings is 1. The van der Waals surface area contributed by atoms with Crippen molar-refractivity contribution in [2.45, 2.75) is 6.42 Å². The van der Waals surface area contributed by atoms with Crippen molar-refractivity contribution in [2.75, 3.05) is 17.6 Å². The summed E-state index contributed by atoms with van der Waals surface area (Å²) >= 11 is 7.36. The fourth-order valence-electron chi connectivity index (χ4n) is 1.44. The van der Waals surface area contributed by atoms with Gasteiger partial charge in [-0.15, -0.1) is 0 Å². The lowest BCUT2D eigenvalue weighted by molar-refractivity contribution is 0.596. The first-order valence-electron chi connectivity index (χ1n) is 5.24. The Morgan fingerprint density at radius 3 is 2.94 bits per heavy atom. The van der Waals surface area contributed by atoms with Gasteiger partial charge in [0.2, 0.25) is 10.0 Å². The zero-order valence-corrected chi connectivity index (χ0v) is 11.8. The van der Waals surface area contributed by atoms with Crippen LogP contribution in [-0.2, 0) is 10.0 Å². The number of nitrogens with two attached hydrogens (primary N) is 1. The second-order valence-electron chi connectivity index (χ2n) is 3.78. The van der Waals surface area contributed by atoms with E-state index in [1.54, 1.807) is 6.07 Å². The van der Waals surface area contributed by atoms with E-state index in [1.165, 1.54) is 11.3 Å². The van der Waals surface area contributed by atoms with Crippen molar-refractivity contribution < 1.29 is 8.42 Å². The summed E-state index contributed by atoms with van der Waals surface area (Å²) in [4.78, 5) is 4.36. The van der Waals surface area contributed by atoms with Gasteiger partial charge in [-0.3, -0.25) is 0 Å². The molecule has 0 bridgehead atoms. The molecule has 0 fully saturated rings. The van der Waals surface area contributed by atoms with Crippen LogP contribution in [0, 0.1) is 0 Å². The van der Waals surface area contributed by atoms with Crippen LogP contribution >= 0.6 is 22.9 Å². The van der Waals surface area contributed by atoms with Crippen LogP contribution in [0.3, 0.4) is 0 Å². The third-order valence-corrected chi connectivity index (χ3v) is 4.30. The Morgan fingerprint density at radius 2 is 2.22 bits per heavy atom. The highest BCUT2D eigenvalue weighted by Gasteiger charge is 2.05. The number of benzene rings is 1. The van der Waals surface area contributed by atoms with Crippen LogP contribution in [0.1, 0.15) is 6.42 Å². The molecule has 2 aromatic rings. The Bertz CT molecular complexity index is 654. The number of sulfonamides is 1. The Balaban J connectivity index is 1.96. The summed E-state index contributed by atoms with van der Waals surface area (Å²) in [6.45, 7) is 0.518. The molecule has 5 nitrogen and oxygen atoms in total. The molecule has 1 aromatic heterocycles. The third kappa shape index (κ3) is 3.81. The van der Waals surface area contributed by atoms with E-state index in [0.29, 0.717) is 18.0 Å². The fraction of sp³-hybridized carbons (Fsp3) is 0.300. The summed E-state index contributed by atoms with van der Waals surface area (Å²) in [6.07, 6.45) is 0.454.